The number of nitrogens with one attached hydrogen (secondary N) is 1. The van der Waals surface area contributed by atoms with Crippen molar-refractivity contribution in [2.45, 2.75) is 38.6 Å². The second-order valence-electron chi connectivity index (χ2n) is 7.18. The fraction of sp³-hybridized carbons (Fsp3) is 0.579. The Hall–Kier alpha value is -2.35. The maximum absolute atomic E-state index is 13.3. The molecule has 2 aromatic rings. The molecule has 1 atom stereocenters. The molecule has 27 heavy (non-hydrogen) atoms. The Kier molecular flexibility index (Phi) is 6.49. The van der Waals surface area contributed by atoms with Crippen LogP contribution in [-0.2, 0) is 11.2 Å². The molecule has 146 valence electrons. The maximum Gasteiger partial charge on any atom is 0.247 e. The van der Waals surface area contributed by atoms with Crippen molar-refractivity contribution in [2.24, 2.45) is 5.92 Å². The number of nitrogens with zero attached hydrogens (tertiary/aromatic N) is 5. The van der Waals surface area contributed by atoms with Crippen molar-refractivity contribution < 1.29 is 9.18 Å². The fourth-order valence-electron chi connectivity index (χ4n) is 3.65. The highest BCUT2D eigenvalue weighted by molar-refractivity contribution is 5.80. The lowest BCUT2D eigenvalue weighted by Crippen LogP contribution is -2.43. The van der Waals surface area contributed by atoms with Gasteiger partial charge in [-0.2, -0.15) is 0 Å². The lowest BCUT2D eigenvalue weighted by atomic mass is 9.93. The highest BCUT2D eigenvalue weighted by Crippen LogP contribution is 2.24. The number of carbonyl (C=O) groups excluding carboxylic acids is 1. The van der Waals surface area contributed by atoms with Crippen LogP contribution in [0.2, 0.25) is 0 Å². The van der Waals surface area contributed by atoms with Crippen LogP contribution < -0.4 is 5.32 Å². The fourth-order valence-corrected chi connectivity index (χ4v) is 3.65. The second-order valence-corrected chi connectivity index (χ2v) is 7.18. The summed E-state index contributed by atoms with van der Waals surface area (Å²) in [6, 6.07) is 5.73. The minimum atomic E-state index is -0.515. The van der Waals surface area contributed by atoms with Crippen molar-refractivity contribution in [3.63, 3.8) is 0 Å². The third-order valence-corrected chi connectivity index (χ3v) is 5.31. The van der Waals surface area contributed by atoms with Crippen LogP contribution in [0, 0.1) is 18.7 Å². The van der Waals surface area contributed by atoms with Crippen molar-refractivity contribution in [3.05, 3.63) is 41.5 Å². The Labute approximate surface area is 158 Å². The third-order valence-electron chi connectivity index (χ3n) is 5.31. The van der Waals surface area contributed by atoms with Gasteiger partial charge in [0.25, 0.3) is 0 Å². The van der Waals surface area contributed by atoms with Crippen LogP contribution in [0.15, 0.2) is 24.3 Å². The number of benzene rings is 1. The molecule has 1 aliphatic rings. The zero-order chi connectivity index (χ0) is 19.2. The van der Waals surface area contributed by atoms with Gasteiger partial charge in [-0.25, -0.2) is 9.07 Å². The number of aryl methyl sites for hydroxylation is 1. The van der Waals surface area contributed by atoms with Crippen LogP contribution in [0.5, 0.6) is 0 Å². The van der Waals surface area contributed by atoms with Gasteiger partial charge in [0.2, 0.25) is 5.91 Å². The number of halogens is 1. The number of rotatable bonds is 7. The number of likely N-dealkylation sites (tertiary alicyclic amines) is 1. The first-order valence-corrected chi connectivity index (χ1v) is 9.50. The molecular weight excluding hydrogens is 347 g/mol. The van der Waals surface area contributed by atoms with Gasteiger partial charge >= 0.3 is 0 Å². The molecular formula is C19H27FN6O. The number of piperidine rings is 1. The van der Waals surface area contributed by atoms with Crippen molar-refractivity contribution >= 4 is 5.91 Å². The molecule has 1 aromatic carbocycles. The number of hydrogen-bond acceptors (Lipinski definition) is 5. The minimum absolute atomic E-state index is 0.0294. The van der Waals surface area contributed by atoms with E-state index in [9.17, 15) is 9.18 Å². The summed E-state index contributed by atoms with van der Waals surface area (Å²) < 4.78 is 14.8. The van der Waals surface area contributed by atoms with Crippen molar-refractivity contribution in [2.75, 3.05) is 26.7 Å². The molecule has 2 heterocycles. The van der Waals surface area contributed by atoms with Crippen molar-refractivity contribution in [1.82, 2.24) is 30.4 Å². The van der Waals surface area contributed by atoms with Crippen LogP contribution in [-0.4, -0.2) is 57.7 Å². The molecule has 0 spiro atoms. The van der Waals surface area contributed by atoms with Crippen LogP contribution in [0.4, 0.5) is 4.39 Å². The normalized spacial score (nSPS) is 16.5. The number of carbonyl (C=O) groups is 1. The molecule has 7 nitrogen and oxygen atoms in total. The van der Waals surface area contributed by atoms with Crippen molar-refractivity contribution in [1.29, 1.82) is 0 Å². The van der Waals surface area contributed by atoms with E-state index in [4.69, 9.17) is 0 Å². The highest BCUT2D eigenvalue weighted by atomic mass is 19.1. The van der Waals surface area contributed by atoms with Gasteiger partial charge in [0.1, 0.15) is 17.7 Å². The summed E-state index contributed by atoms with van der Waals surface area (Å²) in [6.07, 6.45) is 3.62. The summed E-state index contributed by atoms with van der Waals surface area (Å²) >= 11 is 0. The first-order chi connectivity index (χ1) is 13.1. The number of amides is 1. The van der Waals surface area contributed by atoms with E-state index < -0.39 is 6.04 Å². The largest absolute Gasteiger partial charge is 0.341 e. The van der Waals surface area contributed by atoms with E-state index in [-0.39, 0.29) is 11.7 Å². The average molecular weight is 374 g/mol. The third kappa shape index (κ3) is 4.88. The van der Waals surface area contributed by atoms with E-state index in [2.05, 4.69) is 20.8 Å². The van der Waals surface area contributed by atoms with Gasteiger partial charge < -0.3 is 10.2 Å². The average Bonchev–Trinajstić information content (AvgIpc) is 3.11. The van der Waals surface area contributed by atoms with Gasteiger partial charge in [-0.1, -0.05) is 12.1 Å². The van der Waals surface area contributed by atoms with Gasteiger partial charge in [0.15, 0.2) is 0 Å². The Bertz CT molecular complexity index is 739. The SMILES string of the molecule is CNCCC1CCN(C(=O)C(Cc2ccc(F)cc2)n2nnnc2C)CC1. The van der Waals surface area contributed by atoms with Crippen LogP contribution >= 0.6 is 0 Å². The first-order valence-electron chi connectivity index (χ1n) is 9.50. The van der Waals surface area contributed by atoms with E-state index in [0.29, 0.717) is 18.2 Å². The molecule has 1 saturated heterocycles. The molecule has 1 fully saturated rings. The predicted molar refractivity (Wildman–Crippen MR) is 99.5 cm³/mol. The summed E-state index contributed by atoms with van der Waals surface area (Å²) in [7, 11) is 1.97. The summed E-state index contributed by atoms with van der Waals surface area (Å²) in [4.78, 5) is 15.2. The molecule has 1 aliphatic heterocycles. The van der Waals surface area contributed by atoms with E-state index in [1.165, 1.54) is 12.1 Å². The zero-order valence-electron chi connectivity index (χ0n) is 15.9. The monoisotopic (exact) mass is 374 g/mol. The molecule has 3 rings (SSSR count). The van der Waals surface area contributed by atoms with E-state index in [1.54, 1.807) is 23.7 Å². The molecule has 0 bridgehead atoms. The Morgan fingerprint density at radius 1 is 1.30 bits per heavy atom. The van der Waals surface area contributed by atoms with Crippen LogP contribution in [0.1, 0.15) is 36.7 Å². The standard InChI is InChI=1S/C19H27FN6O/c1-14-22-23-24-26(14)18(13-16-3-5-17(20)6-4-16)19(27)25-11-8-15(9-12-25)7-10-21-2/h3-6,15,18,21H,7-13H2,1-2H3. The maximum atomic E-state index is 13.3. The topological polar surface area (TPSA) is 75.9 Å². The van der Waals surface area contributed by atoms with Crippen LogP contribution in [0.3, 0.4) is 0 Å². The molecule has 0 radical (unpaired) electrons. The Morgan fingerprint density at radius 2 is 2.00 bits per heavy atom. The van der Waals surface area contributed by atoms with Crippen molar-refractivity contribution in [3.8, 4) is 0 Å². The molecule has 0 aliphatic carbocycles. The van der Waals surface area contributed by atoms with Gasteiger partial charge in [-0.15, -0.1) is 5.10 Å². The van der Waals surface area contributed by atoms with Gasteiger partial charge in [0, 0.05) is 19.5 Å². The zero-order valence-corrected chi connectivity index (χ0v) is 15.9. The van der Waals surface area contributed by atoms with Gasteiger partial charge in [-0.3, -0.25) is 4.79 Å². The Balaban J connectivity index is 1.72. The minimum Gasteiger partial charge on any atom is -0.341 e. The molecule has 1 unspecified atom stereocenters. The number of tetrazole rings is 1. The molecule has 1 N–H and O–H groups in total. The van der Waals surface area contributed by atoms with E-state index >= 15 is 0 Å². The predicted octanol–water partition coefficient (Wildman–Crippen LogP) is 1.75. The van der Waals surface area contributed by atoms with E-state index in [1.807, 2.05) is 11.9 Å². The highest BCUT2D eigenvalue weighted by Gasteiger charge is 2.31. The van der Waals surface area contributed by atoms with Gasteiger partial charge in [-0.05, 0) is 73.8 Å². The first kappa shape index (κ1) is 19.4. The Morgan fingerprint density at radius 3 is 2.59 bits per heavy atom. The summed E-state index contributed by atoms with van der Waals surface area (Å²) in [5.41, 5.74) is 0.883. The molecule has 0 saturated carbocycles. The lowest BCUT2D eigenvalue weighted by molar-refractivity contribution is -0.136. The lowest BCUT2D eigenvalue weighted by Gasteiger charge is -2.34. The molecule has 8 heteroatoms. The quantitative estimate of drug-likeness (QED) is 0.799. The summed E-state index contributed by atoms with van der Waals surface area (Å²) in [5.74, 6) is 0.997. The van der Waals surface area contributed by atoms with Gasteiger partial charge in [0.05, 0.1) is 0 Å². The van der Waals surface area contributed by atoms with E-state index in [0.717, 1.165) is 44.5 Å². The van der Waals surface area contributed by atoms with Crippen LogP contribution in [0.25, 0.3) is 0 Å². The number of aromatic nitrogens is 4. The number of hydrogen-bond donors (Lipinski definition) is 1. The summed E-state index contributed by atoms with van der Waals surface area (Å²) in [5, 5.41) is 14.8. The molecule has 1 amide bonds. The smallest absolute Gasteiger partial charge is 0.247 e. The molecule has 1 aromatic heterocycles. The second kappa shape index (κ2) is 9.03. The summed E-state index contributed by atoms with van der Waals surface area (Å²) in [6.45, 7) is 4.31.